The van der Waals surface area contributed by atoms with Crippen LogP contribution >= 0.6 is 0 Å². The molecule has 1 aliphatic heterocycles. The molecule has 0 aromatic carbocycles. The summed E-state index contributed by atoms with van der Waals surface area (Å²) in [7, 11) is 6.77. The van der Waals surface area contributed by atoms with Crippen molar-refractivity contribution in [2.45, 2.75) is 38.6 Å². The molecule has 0 amide bonds. The molecular weight excluding hydrogens is 248 g/mol. The second-order valence-electron chi connectivity index (χ2n) is 6.61. The molecule has 1 N–H and O–H groups in total. The average molecular weight is 284 g/mol. The van der Waals surface area contributed by atoms with Gasteiger partial charge >= 0.3 is 0 Å². The fourth-order valence-corrected chi connectivity index (χ4v) is 2.77. The lowest BCUT2D eigenvalue weighted by molar-refractivity contribution is 0.247. The number of nitrogens with one attached hydrogen (secondary N) is 1. The molecule has 0 aliphatic carbocycles. The minimum atomic E-state index is 0.637. The van der Waals surface area contributed by atoms with Crippen LogP contribution in [0.2, 0.25) is 0 Å². The van der Waals surface area contributed by atoms with Crippen LogP contribution in [0, 0.1) is 0 Å². The van der Waals surface area contributed by atoms with E-state index >= 15 is 0 Å². The van der Waals surface area contributed by atoms with Crippen molar-refractivity contribution in [1.82, 2.24) is 20.0 Å². The summed E-state index contributed by atoms with van der Waals surface area (Å²) in [6.45, 7) is 10.8. The van der Waals surface area contributed by atoms with E-state index in [0.717, 1.165) is 6.54 Å². The van der Waals surface area contributed by atoms with Crippen LogP contribution in [0.3, 0.4) is 0 Å². The molecule has 0 aromatic rings. The van der Waals surface area contributed by atoms with Crippen LogP contribution in [0.25, 0.3) is 0 Å². The largest absolute Gasteiger partial charge is 0.314 e. The predicted molar refractivity (Wildman–Crippen MR) is 88.4 cm³/mol. The minimum Gasteiger partial charge on any atom is -0.314 e. The average Bonchev–Trinajstić information content (AvgIpc) is 2.40. The number of hydrogen-bond acceptors (Lipinski definition) is 4. The summed E-state index contributed by atoms with van der Waals surface area (Å²) in [6, 6.07) is 0.637. The topological polar surface area (TPSA) is 21.8 Å². The zero-order valence-corrected chi connectivity index (χ0v) is 14.2. The summed E-state index contributed by atoms with van der Waals surface area (Å²) in [5, 5.41) is 3.65. The van der Waals surface area contributed by atoms with Crippen molar-refractivity contribution >= 4 is 0 Å². The molecule has 20 heavy (non-hydrogen) atoms. The quantitative estimate of drug-likeness (QED) is 0.724. The molecule has 1 unspecified atom stereocenters. The Balaban J connectivity index is 2.34. The van der Waals surface area contributed by atoms with Crippen molar-refractivity contribution in [2.75, 3.05) is 67.0 Å². The van der Waals surface area contributed by atoms with E-state index in [-0.39, 0.29) is 0 Å². The van der Waals surface area contributed by atoms with Gasteiger partial charge in [-0.2, -0.15) is 0 Å². The fraction of sp³-hybridized carbons (Fsp3) is 1.00. The van der Waals surface area contributed by atoms with Crippen LogP contribution in [0.15, 0.2) is 0 Å². The van der Waals surface area contributed by atoms with Gasteiger partial charge in [0, 0.05) is 6.04 Å². The molecule has 1 aliphatic rings. The molecule has 0 saturated carbocycles. The number of hydrogen-bond donors (Lipinski definition) is 1. The van der Waals surface area contributed by atoms with E-state index in [9.17, 15) is 0 Å². The highest BCUT2D eigenvalue weighted by Crippen LogP contribution is 1.99. The molecule has 1 fully saturated rings. The SMILES string of the molecule is CC1CCN(C)CCCN(C)CCCN(C)CCCN1. The zero-order chi connectivity index (χ0) is 14.8. The Labute approximate surface area is 126 Å². The smallest absolute Gasteiger partial charge is 0.00509 e. The van der Waals surface area contributed by atoms with Gasteiger partial charge in [0.05, 0.1) is 0 Å². The summed E-state index contributed by atoms with van der Waals surface area (Å²) >= 11 is 0. The van der Waals surface area contributed by atoms with Crippen molar-refractivity contribution in [3.63, 3.8) is 0 Å². The minimum absolute atomic E-state index is 0.637. The first-order valence-electron chi connectivity index (χ1n) is 8.37. The van der Waals surface area contributed by atoms with E-state index < -0.39 is 0 Å². The van der Waals surface area contributed by atoms with Crippen molar-refractivity contribution in [3.8, 4) is 0 Å². The van der Waals surface area contributed by atoms with Crippen LogP contribution in [-0.2, 0) is 0 Å². The Morgan fingerprint density at radius 2 is 1.15 bits per heavy atom. The lowest BCUT2D eigenvalue weighted by atomic mass is 10.2. The highest BCUT2D eigenvalue weighted by atomic mass is 15.1. The van der Waals surface area contributed by atoms with Crippen molar-refractivity contribution in [1.29, 1.82) is 0 Å². The van der Waals surface area contributed by atoms with E-state index in [1.165, 1.54) is 65.0 Å². The van der Waals surface area contributed by atoms with E-state index in [4.69, 9.17) is 0 Å². The van der Waals surface area contributed by atoms with E-state index in [1.807, 2.05) is 0 Å². The molecule has 0 bridgehead atoms. The standard InChI is InChI=1S/C16H36N4/c1-16-8-15-20(4)14-7-13-19(3)12-6-11-18(2)10-5-9-17-16/h16-17H,5-15H2,1-4H3. The number of rotatable bonds is 0. The van der Waals surface area contributed by atoms with Crippen LogP contribution in [0.1, 0.15) is 32.6 Å². The lowest BCUT2D eigenvalue weighted by Crippen LogP contribution is -2.35. The molecule has 1 rings (SSSR count). The molecule has 1 atom stereocenters. The molecule has 4 heteroatoms. The molecule has 4 nitrogen and oxygen atoms in total. The Morgan fingerprint density at radius 1 is 0.700 bits per heavy atom. The molecule has 1 saturated heterocycles. The summed E-state index contributed by atoms with van der Waals surface area (Å²) in [5.74, 6) is 0. The summed E-state index contributed by atoms with van der Waals surface area (Å²) < 4.78 is 0. The van der Waals surface area contributed by atoms with Gasteiger partial charge in [-0.05, 0) is 99.6 Å². The monoisotopic (exact) mass is 284 g/mol. The predicted octanol–water partition coefficient (Wildman–Crippen LogP) is 1.33. The highest BCUT2D eigenvalue weighted by Gasteiger charge is 2.07. The maximum absolute atomic E-state index is 3.65. The maximum Gasteiger partial charge on any atom is 0.00509 e. The first-order chi connectivity index (χ1) is 9.58. The first-order valence-corrected chi connectivity index (χ1v) is 8.37. The lowest BCUT2D eigenvalue weighted by Gasteiger charge is -2.24. The van der Waals surface area contributed by atoms with Gasteiger partial charge in [-0.1, -0.05) is 0 Å². The molecule has 120 valence electrons. The summed E-state index contributed by atoms with van der Waals surface area (Å²) in [4.78, 5) is 7.43. The molecule has 0 spiro atoms. The maximum atomic E-state index is 3.65. The normalized spacial score (nSPS) is 28.5. The van der Waals surface area contributed by atoms with E-state index in [1.54, 1.807) is 0 Å². The first kappa shape index (κ1) is 17.9. The van der Waals surface area contributed by atoms with Gasteiger partial charge in [-0.3, -0.25) is 0 Å². The fourth-order valence-electron chi connectivity index (χ4n) is 2.77. The Hall–Kier alpha value is -0.160. The van der Waals surface area contributed by atoms with Gasteiger partial charge in [-0.15, -0.1) is 0 Å². The van der Waals surface area contributed by atoms with E-state index in [2.05, 4.69) is 48.1 Å². The molecular formula is C16H36N4. The van der Waals surface area contributed by atoms with Crippen LogP contribution < -0.4 is 5.32 Å². The van der Waals surface area contributed by atoms with Crippen LogP contribution in [0.5, 0.6) is 0 Å². The summed E-state index contributed by atoms with van der Waals surface area (Å²) in [5.41, 5.74) is 0. The molecule has 0 aromatic heterocycles. The van der Waals surface area contributed by atoms with Crippen LogP contribution in [-0.4, -0.2) is 87.7 Å². The highest BCUT2D eigenvalue weighted by molar-refractivity contribution is 4.66. The van der Waals surface area contributed by atoms with Gasteiger partial charge in [0.25, 0.3) is 0 Å². The second-order valence-corrected chi connectivity index (χ2v) is 6.61. The third-order valence-corrected chi connectivity index (χ3v) is 4.31. The Kier molecular flexibility index (Phi) is 9.44. The van der Waals surface area contributed by atoms with Crippen molar-refractivity contribution in [2.24, 2.45) is 0 Å². The molecule has 1 heterocycles. The van der Waals surface area contributed by atoms with Gasteiger partial charge in [0.1, 0.15) is 0 Å². The molecule has 0 radical (unpaired) electrons. The third kappa shape index (κ3) is 8.90. The van der Waals surface area contributed by atoms with Gasteiger partial charge in [-0.25, -0.2) is 0 Å². The van der Waals surface area contributed by atoms with Crippen molar-refractivity contribution < 1.29 is 0 Å². The Bertz CT molecular complexity index is 235. The van der Waals surface area contributed by atoms with Crippen molar-refractivity contribution in [3.05, 3.63) is 0 Å². The second kappa shape index (κ2) is 10.6. The Morgan fingerprint density at radius 3 is 1.70 bits per heavy atom. The summed E-state index contributed by atoms with van der Waals surface area (Å²) in [6.07, 6.45) is 5.08. The van der Waals surface area contributed by atoms with Gasteiger partial charge < -0.3 is 20.0 Å². The van der Waals surface area contributed by atoms with Gasteiger partial charge in [0.15, 0.2) is 0 Å². The van der Waals surface area contributed by atoms with E-state index in [0.29, 0.717) is 6.04 Å². The van der Waals surface area contributed by atoms with Crippen LogP contribution in [0.4, 0.5) is 0 Å². The zero-order valence-electron chi connectivity index (χ0n) is 14.2. The van der Waals surface area contributed by atoms with Gasteiger partial charge in [0.2, 0.25) is 0 Å². The third-order valence-electron chi connectivity index (χ3n) is 4.31. The number of nitrogens with zero attached hydrogens (tertiary/aromatic N) is 3.